The summed E-state index contributed by atoms with van der Waals surface area (Å²) in [7, 11) is 0. The fraction of sp³-hybridized carbons (Fsp3) is 0.500. The average Bonchev–Trinajstić information content (AvgIpc) is 2.05. The van der Waals surface area contributed by atoms with Gasteiger partial charge in [-0.2, -0.15) is 0 Å². The van der Waals surface area contributed by atoms with Crippen LogP contribution in [0.5, 0.6) is 0 Å². The van der Waals surface area contributed by atoms with Crippen LogP contribution in [0.25, 0.3) is 0 Å². The van der Waals surface area contributed by atoms with Crippen molar-refractivity contribution in [2.45, 2.75) is 20.3 Å². The highest BCUT2D eigenvalue weighted by atomic mass is 15.0. The molecule has 1 rings (SSSR count). The molecule has 0 bridgehead atoms. The van der Waals surface area contributed by atoms with Crippen LogP contribution >= 0.6 is 0 Å². The van der Waals surface area contributed by atoms with Gasteiger partial charge in [-0.05, 0) is 13.3 Å². The zero-order valence-corrected chi connectivity index (χ0v) is 7.46. The number of hydrogen-bond donors (Lipinski definition) is 2. The molecular formula is C8H14N4. The molecule has 66 valence electrons. The SMILES string of the molecule is CCNc1ncnc(N)c1CC. The molecule has 4 nitrogen and oxygen atoms in total. The van der Waals surface area contributed by atoms with E-state index >= 15 is 0 Å². The fourth-order valence-electron chi connectivity index (χ4n) is 1.09. The summed E-state index contributed by atoms with van der Waals surface area (Å²) in [5, 5.41) is 3.14. The van der Waals surface area contributed by atoms with Gasteiger partial charge in [0.25, 0.3) is 0 Å². The molecule has 0 aromatic carbocycles. The first-order chi connectivity index (χ1) is 5.79. The zero-order valence-electron chi connectivity index (χ0n) is 7.46. The summed E-state index contributed by atoms with van der Waals surface area (Å²) in [5.74, 6) is 1.43. The van der Waals surface area contributed by atoms with Gasteiger partial charge in [0.15, 0.2) is 0 Å². The zero-order chi connectivity index (χ0) is 8.97. The number of nitrogens with one attached hydrogen (secondary N) is 1. The van der Waals surface area contributed by atoms with Gasteiger partial charge in [0.05, 0.1) is 0 Å². The third-order valence-electron chi connectivity index (χ3n) is 1.68. The minimum atomic E-state index is 0.573. The van der Waals surface area contributed by atoms with Gasteiger partial charge in [-0.1, -0.05) is 6.92 Å². The van der Waals surface area contributed by atoms with Crippen molar-refractivity contribution in [2.75, 3.05) is 17.6 Å². The second-order valence-corrected chi connectivity index (χ2v) is 2.47. The van der Waals surface area contributed by atoms with Crippen molar-refractivity contribution in [3.05, 3.63) is 11.9 Å². The van der Waals surface area contributed by atoms with Crippen LogP contribution in [0.3, 0.4) is 0 Å². The summed E-state index contributed by atoms with van der Waals surface area (Å²) in [6, 6.07) is 0. The van der Waals surface area contributed by atoms with E-state index in [0.717, 1.165) is 24.3 Å². The first-order valence-corrected chi connectivity index (χ1v) is 4.12. The largest absolute Gasteiger partial charge is 0.383 e. The molecule has 12 heavy (non-hydrogen) atoms. The van der Waals surface area contributed by atoms with Crippen LogP contribution in [0.2, 0.25) is 0 Å². The van der Waals surface area contributed by atoms with E-state index in [4.69, 9.17) is 5.73 Å². The van der Waals surface area contributed by atoms with Gasteiger partial charge in [-0.15, -0.1) is 0 Å². The minimum Gasteiger partial charge on any atom is -0.383 e. The monoisotopic (exact) mass is 166 g/mol. The number of nitrogen functional groups attached to an aromatic ring is 1. The quantitative estimate of drug-likeness (QED) is 0.704. The van der Waals surface area contributed by atoms with E-state index in [9.17, 15) is 0 Å². The molecule has 1 heterocycles. The van der Waals surface area contributed by atoms with Crippen molar-refractivity contribution < 1.29 is 0 Å². The van der Waals surface area contributed by atoms with E-state index in [1.807, 2.05) is 13.8 Å². The lowest BCUT2D eigenvalue weighted by atomic mass is 10.2. The Bertz CT molecular complexity index is 259. The Morgan fingerprint density at radius 1 is 1.42 bits per heavy atom. The Morgan fingerprint density at radius 2 is 2.17 bits per heavy atom. The molecule has 0 aliphatic heterocycles. The average molecular weight is 166 g/mol. The van der Waals surface area contributed by atoms with Gasteiger partial charge in [-0.3, -0.25) is 0 Å². The molecule has 0 amide bonds. The summed E-state index contributed by atoms with van der Waals surface area (Å²) in [6.45, 7) is 4.91. The second kappa shape index (κ2) is 3.90. The molecule has 0 atom stereocenters. The van der Waals surface area contributed by atoms with Crippen LogP contribution < -0.4 is 11.1 Å². The molecule has 1 aromatic heterocycles. The molecule has 0 saturated heterocycles. The lowest BCUT2D eigenvalue weighted by molar-refractivity contribution is 1.03. The van der Waals surface area contributed by atoms with Gasteiger partial charge in [0, 0.05) is 12.1 Å². The number of hydrogen-bond acceptors (Lipinski definition) is 4. The first-order valence-electron chi connectivity index (χ1n) is 4.12. The van der Waals surface area contributed by atoms with Crippen LogP contribution in [0.4, 0.5) is 11.6 Å². The molecular weight excluding hydrogens is 152 g/mol. The van der Waals surface area contributed by atoms with Crippen LogP contribution in [0.15, 0.2) is 6.33 Å². The number of aromatic nitrogens is 2. The number of nitrogens with two attached hydrogens (primary N) is 1. The molecule has 3 N–H and O–H groups in total. The molecule has 1 aromatic rings. The summed E-state index contributed by atoms with van der Waals surface area (Å²) in [6.07, 6.45) is 2.33. The summed E-state index contributed by atoms with van der Waals surface area (Å²) in [4.78, 5) is 8.02. The molecule has 0 unspecified atom stereocenters. The Morgan fingerprint density at radius 3 is 2.75 bits per heavy atom. The highest BCUT2D eigenvalue weighted by molar-refractivity contribution is 5.54. The van der Waals surface area contributed by atoms with Crippen molar-refractivity contribution in [3.8, 4) is 0 Å². The maximum absolute atomic E-state index is 5.67. The molecule has 0 aliphatic carbocycles. The molecule has 0 fully saturated rings. The highest BCUT2D eigenvalue weighted by Gasteiger charge is 2.04. The van der Waals surface area contributed by atoms with Gasteiger partial charge in [0.1, 0.15) is 18.0 Å². The molecule has 0 spiro atoms. The first kappa shape index (κ1) is 8.77. The summed E-state index contributed by atoms with van der Waals surface area (Å²) < 4.78 is 0. The predicted molar refractivity (Wildman–Crippen MR) is 50.0 cm³/mol. The van der Waals surface area contributed by atoms with Crippen molar-refractivity contribution >= 4 is 11.6 Å². The highest BCUT2D eigenvalue weighted by Crippen LogP contribution is 2.16. The van der Waals surface area contributed by atoms with Gasteiger partial charge in [0.2, 0.25) is 0 Å². The molecule has 0 saturated carbocycles. The van der Waals surface area contributed by atoms with E-state index in [-0.39, 0.29) is 0 Å². The van der Waals surface area contributed by atoms with Crippen LogP contribution in [0.1, 0.15) is 19.4 Å². The minimum absolute atomic E-state index is 0.573. The van der Waals surface area contributed by atoms with E-state index in [1.165, 1.54) is 6.33 Å². The fourth-order valence-corrected chi connectivity index (χ4v) is 1.09. The maximum atomic E-state index is 5.67. The summed E-state index contributed by atoms with van der Waals surface area (Å²) in [5.41, 5.74) is 6.67. The maximum Gasteiger partial charge on any atom is 0.134 e. The standard InChI is InChI=1S/C8H14N4/c1-3-6-7(9)11-5-12-8(6)10-4-2/h5H,3-4H2,1-2H3,(H3,9,10,11,12). The number of rotatable bonds is 3. The van der Waals surface area contributed by atoms with Crippen LogP contribution in [-0.2, 0) is 6.42 Å². The Hall–Kier alpha value is -1.32. The van der Waals surface area contributed by atoms with E-state index in [1.54, 1.807) is 0 Å². The molecule has 4 heteroatoms. The van der Waals surface area contributed by atoms with E-state index in [0.29, 0.717) is 5.82 Å². The Kier molecular flexibility index (Phi) is 2.85. The van der Waals surface area contributed by atoms with Crippen molar-refractivity contribution in [2.24, 2.45) is 0 Å². The molecule has 0 radical (unpaired) electrons. The number of nitrogens with zero attached hydrogens (tertiary/aromatic N) is 2. The van der Waals surface area contributed by atoms with Crippen molar-refractivity contribution in [1.82, 2.24) is 9.97 Å². The van der Waals surface area contributed by atoms with Gasteiger partial charge < -0.3 is 11.1 Å². The topological polar surface area (TPSA) is 63.8 Å². The normalized spacial score (nSPS) is 9.83. The van der Waals surface area contributed by atoms with Gasteiger partial charge in [-0.25, -0.2) is 9.97 Å². The Labute approximate surface area is 72.2 Å². The third kappa shape index (κ3) is 1.64. The van der Waals surface area contributed by atoms with Crippen LogP contribution in [0, 0.1) is 0 Å². The van der Waals surface area contributed by atoms with E-state index < -0.39 is 0 Å². The predicted octanol–water partition coefficient (Wildman–Crippen LogP) is 1.05. The van der Waals surface area contributed by atoms with E-state index in [2.05, 4.69) is 15.3 Å². The summed E-state index contributed by atoms with van der Waals surface area (Å²) >= 11 is 0. The lowest BCUT2D eigenvalue weighted by Crippen LogP contribution is -2.06. The van der Waals surface area contributed by atoms with Crippen LogP contribution in [-0.4, -0.2) is 16.5 Å². The smallest absolute Gasteiger partial charge is 0.134 e. The van der Waals surface area contributed by atoms with Crippen molar-refractivity contribution in [3.63, 3.8) is 0 Å². The number of anilines is 2. The third-order valence-corrected chi connectivity index (χ3v) is 1.68. The Balaban J connectivity index is 3.00. The lowest BCUT2D eigenvalue weighted by Gasteiger charge is -2.08. The molecule has 0 aliphatic rings. The van der Waals surface area contributed by atoms with Crippen molar-refractivity contribution in [1.29, 1.82) is 0 Å². The second-order valence-electron chi connectivity index (χ2n) is 2.47. The van der Waals surface area contributed by atoms with Gasteiger partial charge >= 0.3 is 0 Å².